The Morgan fingerprint density at radius 3 is 2.65 bits per heavy atom. The Labute approximate surface area is 135 Å². The molecule has 1 aliphatic carbocycles. The average Bonchev–Trinajstić information content (AvgIpc) is 3.07. The van der Waals surface area contributed by atoms with E-state index in [4.69, 9.17) is 11.6 Å². The molecule has 0 saturated carbocycles. The molecule has 2 aromatic carbocycles. The first-order valence-electron chi connectivity index (χ1n) is 6.65. The van der Waals surface area contributed by atoms with Crippen LogP contribution in [0.5, 0.6) is 0 Å². The maximum atomic E-state index is 6.73. The molecule has 1 atom stereocenters. The third-order valence-electron chi connectivity index (χ3n) is 4.06. The highest BCUT2D eigenvalue weighted by Gasteiger charge is 2.20. The minimum absolute atomic E-state index is 0.0811. The van der Waals surface area contributed by atoms with Gasteiger partial charge in [-0.05, 0) is 73.2 Å². The van der Waals surface area contributed by atoms with Crippen molar-refractivity contribution in [1.82, 2.24) is 0 Å². The van der Waals surface area contributed by atoms with Crippen LogP contribution in [0.25, 0.3) is 10.8 Å². The minimum atomic E-state index is -0.0811. The molecule has 0 spiro atoms. The van der Waals surface area contributed by atoms with Crippen LogP contribution in [-0.2, 0) is 12.8 Å². The van der Waals surface area contributed by atoms with Gasteiger partial charge in [-0.15, -0.1) is 22.9 Å². The van der Waals surface area contributed by atoms with Crippen LogP contribution in [0.15, 0.2) is 45.6 Å². The fourth-order valence-electron chi connectivity index (χ4n) is 3.13. The monoisotopic (exact) mass is 362 g/mol. The number of benzene rings is 2. The highest BCUT2D eigenvalue weighted by Crippen LogP contribution is 2.40. The summed E-state index contributed by atoms with van der Waals surface area (Å²) in [5.41, 5.74) is 5.33. The van der Waals surface area contributed by atoms with Crippen LogP contribution in [0, 0.1) is 0 Å². The summed E-state index contributed by atoms with van der Waals surface area (Å²) in [4.78, 5) is 0. The zero-order valence-electron chi connectivity index (χ0n) is 10.7. The van der Waals surface area contributed by atoms with E-state index in [0.29, 0.717) is 0 Å². The Balaban J connectivity index is 1.93. The first-order chi connectivity index (χ1) is 9.74. The topological polar surface area (TPSA) is 0 Å². The quantitative estimate of drug-likeness (QED) is 0.483. The van der Waals surface area contributed by atoms with Crippen LogP contribution in [-0.4, -0.2) is 0 Å². The van der Waals surface area contributed by atoms with Crippen molar-refractivity contribution in [3.8, 4) is 0 Å². The van der Waals surface area contributed by atoms with Crippen molar-refractivity contribution in [2.24, 2.45) is 0 Å². The largest absolute Gasteiger partial charge is 0.136 e. The van der Waals surface area contributed by atoms with Gasteiger partial charge in [-0.3, -0.25) is 0 Å². The normalized spacial score (nSPS) is 14.9. The van der Waals surface area contributed by atoms with E-state index < -0.39 is 0 Å². The van der Waals surface area contributed by atoms with E-state index in [9.17, 15) is 0 Å². The van der Waals surface area contributed by atoms with Gasteiger partial charge in [0.2, 0.25) is 0 Å². The van der Waals surface area contributed by atoms with Gasteiger partial charge in [0.15, 0.2) is 0 Å². The van der Waals surface area contributed by atoms with Gasteiger partial charge in [0.05, 0.1) is 9.16 Å². The number of hydrogen-bond donors (Lipinski definition) is 0. The lowest BCUT2D eigenvalue weighted by Crippen LogP contribution is -1.94. The summed E-state index contributed by atoms with van der Waals surface area (Å²) in [7, 11) is 0. The molecule has 0 radical (unpaired) electrons. The molecule has 20 heavy (non-hydrogen) atoms. The van der Waals surface area contributed by atoms with Crippen molar-refractivity contribution in [3.05, 3.63) is 67.8 Å². The summed E-state index contributed by atoms with van der Waals surface area (Å²) >= 11 is 11.9. The molecule has 0 aliphatic heterocycles. The first-order valence-corrected chi connectivity index (χ1v) is 8.76. The van der Waals surface area contributed by atoms with Crippen LogP contribution in [0.4, 0.5) is 0 Å². The van der Waals surface area contributed by atoms with E-state index in [-0.39, 0.29) is 5.38 Å². The molecule has 100 valence electrons. The number of rotatable bonds is 2. The maximum absolute atomic E-state index is 6.73. The van der Waals surface area contributed by atoms with Gasteiger partial charge in [-0.2, -0.15) is 0 Å². The van der Waals surface area contributed by atoms with E-state index in [1.165, 1.54) is 33.0 Å². The molecule has 0 saturated heterocycles. The Hall–Kier alpha value is -0.830. The molecule has 0 nitrogen and oxygen atoms in total. The first kappa shape index (κ1) is 12.9. The van der Waals surface area contributed by atoms with Crippen molar-refractivity contribution >= 4 is 49.6 Å². The molecule has 1 aliphatic rings. The number of aryl methyl sites for hydroxylation is 2. The Morgan fingerprint density at radius 1 is 1.10 bits per heavy atom. The van der Waals surface area contributed by atoms with Crippen molar-refractivity contribution < 1.29 is 0 Å². The van der Waals surface area contributed by atoms with Gasteiger partial charge in [-0.25, -0.2) is 0 Å². The third-order valence-corrected chi connectivity index (χ3v) is 6.07. The summed E-state index contributed by atoms with van der Waals surface area (Å²) < 4.78 is 1.13. The second-order valence-corrected chi connectivity index (χ2v) is 7.93. The van der Waals surface area contributed by atoms with E-state index in [2.05, 4.69) is 57.7 Å². The lowest BCUT2D eigenvalue weighted by atomic mass is 9.96. The lowest BCUT2D eigenvalue weighted by Gasteiger charge is -2.13. The summed E-state index contributed by atoms with van der Waals surface area (Å²) in [5, 5.41) is 4.80. The van der Waals surface area contributed by atoms with Crippen molar-refractivity contribution in [2.75, 3.05) is 0 Å². The molecular weight excluding hydrogens is 352 g/mol. The van der Waals surface area contributed by atoms with Gasteiger partial charge >= 0.3 is 0 Å². The van der Waals surface area contributed by atoms with Crippen molar-refractivity contribution in [2.45, 2.75) is 18.2 Å². The molecule has 1 unspecified atom stereocenters. The van der Waals surface area contributed by atoms with Gasteiger partial charge in [0.1, 0.15) is 0 Å². The van der Waals surface area contributed by atoms with Crippen LogP contribution >= 0.6 is 38.9 Å². The standard InChI is InChI=1S/C17H12BrClS/c18-15-8-12(9-20-15)17(19)14-7-6-11-5-4-10-2-1-3-13(14)16(10)11/h1-3,6-9,17H,4-5H2. The van der Waals surface area contributed by atoms with Crippen LogP contribution in [0.1, 0.15) is 27.6 Å². The number of halogens is 2. The van der Waals surface area contributed by atoms with Crippen LogP contribution in [0.3, 0.4) is 0 Å². The lowest BCUT2D eigenvalue weighted by molar-refractivity contribution is 1.02. The Bertz CT molecular complexity index is 796. The highest BCUT2D eigenvalue weighted by atomic mass is 79.9. The average molecular weight is 364 g/mol. The molecular formula is C17H12BrClS. The molecule has 1 heterocycles. The van der Waals surface area contributed by atoms with Crippen LogP contribution < -0.4 is 0 Å². The smallest absolute Gasteiger partial charge is 0.0849 e. The molecule has 0 bridgehead atoms. The van der Waals surface area contributed by atoms with Crippen molar-refractivity contribution in [1.29, 1.82) is 0 Å². The van der Waals surface area contributed by atoms with Gasteiger partial charge in [0, 0.05) is 0 Å². The van der Waals surface area contributed by atoms with Gasteiger partial charge in [-0.1, -0.05) is 30.3 Å². The third kappa shape index (κ3) is 1.93. The predicted molar refractivity (Wildman–Crippen MR) is 91.1 cm³/mol. The van der Waals surface area contributed by atoms with Crippen LogP contribution in [0.2, 0.25) is 0 Å². The van der Waals surface area contributed by atoms with Gasteiger partial charge in [0.25, 0.3) is 0 Å². The fraction of sp³-hybridized carbons (Fsp3) is 0.176. The Morgan fingerprint density at radius 2 is 1.90 bits per heavy atom. The highest BCUT2D eigenvalue weighted by molar-refractivity contribution is 9.11. The molecule has 0 amide bonds. The molecule has 0 N–H and O–H groups in total. The second kappa shape index (κ2) is 4.87. The van der Waals surface area contributed by atoms with E-state index in [0.717, 1.165) is 16.6 Å². The number of hydrogen-bond acceptors (Lipinski definition) is 1. The number of thiophene rings is 1. The Kier molecular flexibility index (Phi) is 3.13. The molecule has 1 aromatic heterocycles. The zero-order valence-corrected chi connectivity index (χ0v) is 13.9. The van der Waals surface area contributed by atoms with Crippen molar-refractivity contribution in [3.63, 3.8) is 0 Å². The SMILES string of the molecule is ClC(c1csc(Br)c1)c1ccc2c3c(cccc13)CC2. The molecule has 3 heteroatoms. The molecule has 4 rings (SSSR count). The molecule has 0 fully saturated rings. The fourth-order valence-corrected chi connectivity index (χ4v) is 4.72. The molecule has 3 aromatic rings. The maximum Gasteiger partial charge on any atom is 0.0849 e. The van der Waals surface area contributed by atoms with E-state index in [1.807, 2.05) is 0 Å². The minimum Gasteiger partial charge on any atom is -0.136 e. The predicted octanol–water partition coefficient (Wildman–Crippen LogP) is 6.09. The summed E-state index contributed by atoms with van der Waals surface area (Å²) in [5.74, 6) is 0. The van der Waals surface area contributed by atoms with Gasteiger partial charge < -0.3 is 0 Å². The summed E-state index contributed by atoms with van der Waals surface area (Å²) in [6, 6.07) is 13.2. The summed E-state index contributed by atoms with van der Waals surface area (Å²) in [6.45, 7) is 0. The number of alkyl halides is 1. The van der Waals surface area contributed by atoms with E-state index >= 15 is 0 Å². The zero-order chi connectivity index (χ0) is 13.7. The summed E-state index contributed by atoms with van der Waals surface area (Å²) in [6.07, 6.45) is 2.32. The van der Waals surface area contributed by atoms with E-state index in [1.54, 1.807) is 11.3 Å². The second-order valence-electron chi connectivity index (χ2n) is 5.20.